The molecular weight excluding hydrogens is 116 g/mol. The lowest BCUT2D eigenvalue weighted by Crippen LogP contribution is -2.14. The lowest BCUT2D eigenvalue weighted by molar-refractivity contribution is -0.110. The second kappa shape index (κ2) is 4.50. The number of hydrogen-bond acceptors (Lipinski definition) is 2. The van der Waals surface area contributed by atoms with Crippen LogP contribution in [0.1, 0.15) is 27.2 Å². The van der Waals surface area contributed by atoms with Crippen LogP contribution in [-0.2, 0) is 9.53 Å². The number of aldehydes is 1. The summed E-state index contributed by atoms with van der Waals surface area (Å²) in [6.07, 6.45) is 1.67. The van der Waals surface area contributed by atoms with Crippen LogP contribution in [0.5, 0.6) is 0 Å². The SMILES string of the molecule is CC(C)OC(C)CC=O. The first-order valence-corrected chi connectivity index (χ1v) is 3.26. The Hall–Kier alpha value is -0.370. The lowest BCUT2D eigenvalue weighted by Gasteiger charge is -2.12. The first-order chi connectivity index (χ1) is 4.16. The van der Waals surface area contributed by atoms with Gasteiger partial charge < -0.3 is 9.53 Å². The fourth-order valence-corrected chi connectivity index (χ4v) is 0.656. The molecule has 0 fully saturated rings. The molecule has 0 radical (unpaired) electrons. The molecule has 0 aliphatic heterocycles. The van der Waals surface area contributed by atoms with Gasteiger partial charge in [0.2, 0.25) is 0 Å². The van der Waals surface area contributed by atoms with E-state index in [4.69, 9.17) is 4.74 Å². The molecule has 2 heteroatoms. The van der Waals surface area contributed by atoms with Crippen molar-refractivity contribution in [3.8, 4) is 0 Å². The van der Waals surface area contributed by atoms with E-state index in [9.17, 15) is 4.79 Å². The van der Waals surface area contributed by atoms with Crippen molar-refractivity contribution >= 4 is 6.29 Å². The van der Waals surface area contributed by atoms with Crippen molar-refractivity contribution < 1.29 is 9.53 Å². The topological polar surface area (TPSA) is 26.3 Å². The zero-order valence-corrected chi connectivity index (χ0v) is 6.26. The van der Waals surface area contributed by atoms with Crippen molar-refractivity contribution in [2.24, 2.45) is 0 Å². The quantitative estimate of drug-likeness (QED) is 0.537. The molecule has 0 rings (SSSR count). The van der Waals surface area contributed by atoms with E-state index in [0.29, 0.717) is 6.42 Å². The Bertz CT molecular complexity index is 79.0. The molecule has 0 spiro atoms. The molecule has 2 nitrogen and oxygen atoms in total. The Balaban J connectivity index is 3.25. The van der Waals surface area contributed by atoms with Gasteiger partial charge in [0.25, 0.3) is 0 Å². The molecule has 0 aromatic heterocycles. The standard InChI is InChI=1S/C7H14O2/c1-6(2)9-7(3)4-5-8/h5-7H,4H2,1-3H3. The summed E-state index contributed by atoms with van der Waals surface area (Å²) in [7, 11) is 0. The van der Waals surface area contributed by atoms with Gasteiger partial charge in [0, 0.05) is 6.42 Å². The molecule has 54 valence electrons. The van der Waals surface area contributed by atoms with Gasteiger partial charge in [-0.05, 0) is 20.8 Å². The summed E-state index contributed by atoms with van der Waals surface area (Å²) in [4.78, 5) is 9.92. The second-order valence-electron chi connectivity index (χ2n) is 2.40. The van der Waals surface area contributed by atoms with Crippen molar-refractivity contribution in [1.82, 2.24) is 0 Å². The van der Waals surface area contributed by atoms with Crippen molar-refractivity contribution in [3.05, 3.63) is 0 Å². The zero-order valence-electron chi connectivity index (χ0n) is 6.26. The third kappa shape index (κ3) is 5.50. The monoisotopic (exact) mass is 130 g/mol. The largest absolute Gasteiger partial charge is 0.375 e. The molecule has 0 aromatic rings. The van der Waals surface area contributed by atoms with E-state index in [1.807, 2.05) is 20.8 Å². The van der Waals surface area contributed by atoms with Crippen molar-refractivity contribution in [1.29, 1.82) is 0 Å². The van der Waals surface area contributed by atoms with Gasteiger partial charge >= 0.3 is 0 Å². The third-order valence-corrected chi connectivity index (χ3v) is 0.933. The van der Waals surface area contributed by atoms with Gasteiger partial charge in [-0.2, -0.15) is 0 Å². The number of hydrogen-bond donors (Lipinski definition) is 0. The Morgan fingerprint density at radius 1 is 1.44 bits per heavy atom. The van der Waals surface area contributed by atoms with Crippen molar-refractivity contribution in [2.45, 2.75) is 39.4 Å². The van der Waals surface area contributed by atoms with E-state index < -0.39 is 0 Å². The predicted octanol–water partition coefficient (Wildman–Crippen LogP) is 1.39. The van der Waals surface area contributed by atoms with Crippen LogP contribution in [0.3, 0.4) is 0 Å². The van der Waals surface area contributed by atoms with Crippen LogP contribution in [0.15, 0.2) is 0 Å². The maximum absolute atomic E-state index is 9.92. The molecule has 0 aromatic carbocycles. The minimum absolute atomic E-state index is 0.0718. The Morgan fingerprint density at radius 3 is 2.33 bits per heavy atom. The highest BCUT2D eigenvalue weighted by Crippen LogP contribution is 1.98. The predicted molar refractivity (Wildman–Crippen MR) is 36.4 cm³/mol. The summed E-state index contributed by atoms with van der Waals surface area (Å²) in [6.45, 7) is 5.82. The summed E-state index contributed by atoms with van der Waals surface area (Å²) in [6, 6.07) is 0. The third-order valence-electron chi connectivity index (χ3n) is 0.933. The van der Waals surface area contributed by atoms with Crippen LogP contribution < -0.4 is 0 Å². The fraction of sp³-hybridized carbons (Fsp3) is 0.857. The molecular formula is C7H14O2. The van der Waals surface area contributed by atoms with Crippen LogP contribution in [0.25, 0.3) is 0 Å². The first-order valence-electron chi connectivity index (χ1n) is 3.26. The molecule has 0 bridgehead atoms. The molecule has 0 amide bonds. The number of rotatable bonds is 4. The van der Waals surface area contributed by atoms with Crippen LogP contribution in [0.4, 0.5) is 0 Å². The summed E-state index contributed by atoms with van der Waals surface area (Å²) >= 11 is 0. The van der Waals surface area contributed by atoms with Gasteiger partial charge in [-0.1, -0.05) is 0 Å². The first kappa shape index (κ1) is 8.63. The summed E-state index contributed by atoms with van der Waals surface area (Å²) in [5.41, 5.74) is 0. The zero-order chi connectivity index (χ0) is 7.28. The van der Waals surface area contributed by atoms with Gasteiger partial charge in [0.05, 0.1) is 12.2 Å². The van der Waals surface area contributed by atoms with Crippen LogP contribution in [-0.4, -0.2) is 18.5 Å². The lowest BCUT2D eigenvalue weighted by atomic mass is 10.3. The van der Waals surface area contributed by atoms with Crippen LogP contribution >= 0.6 is 0 Å². The molecule has 1 atom stereocenters. The molecule has 0 saturated carbocycles. The maximum Gasteiger partial charge on any atom is 0.122 e. The maximum atomic E-state index is 9.92. The van der Waals surface area contributed by atoms with Gasteiger partial charge in [-0.15, -0.1) is 0 Å². The number of carbonyl (C=O) groups excluding carboxylic acids is 1. The Kier molecular flexibility index (Phi) is 4.32. The highest BCUT2D eigenvalue weighted by atomic mass is 16.5. The average Bonchev–Trinajstić information content (AvgIpc) is 1.63. The second-order valence-corrected chi connectivity index (χ2v) is 2.40. The molecule has 0 aliphatic rings. The van der Waals surface area contributed by atoms with Crippen LogP contribution in [0, 0.1) is 0 Å². The highest BCUT2D eigenvalue weighted by molar-refractivity contribution is 5.49. The van der Waals surface area contributed by atoms with Gasteiger partial charge in [0.15, 0.2) is 0 Å². The fourth-order valence-electron chi connectivity index (χ4n) is 0.656. The van der Waals surface area contributed by atoms with Crippen molar-refractivity contribution in [3.63, 3.8) is 0 Å². The molecule has 0 heterocycles. The van der Waals surface area contributed by atoms with Gasteiger partial charge in [0.1, 0.15) is 6.29 Å². The molecule has 0 saturated heterocycles. The number of carbonyl (C=O) groups is 1. The minimum atomic E-state index is 0.0718. The van der Waals surface area contributed by atoms with Crippen LogP contribution in [0.2, 0.25) is 0 Å². The molecule has 1 unspecified atom stereocenters. The molecule has 0 aliphatic carbocycles. The normalized spacial score (nSPS) is 13.8. The summed E-state index contributed by atoms with van der Waals surface area (Å²) in [5.74, 6) is 0. The van der Waals surface area contributed by atoms with E-state index in [1.165, 1.54) is 0 Å². The van der Waals surface area contributed by atoms with Gasteiger partial charge in [-0.25, -0.2) is 0 Å². The Morgan fingerprint density at radius 2 is 2.00 bits per heavy atom. The smallest absolute Gasteiger partial charge is 0.122 e. The number of ether oxygens (including phenoxy) is 1. The van der Waals surface area contributed by atoms with E-state index in [2.05, 4.69) is 0 Å². The van der Waals surface area contributed by atoms with Gasteiger partial charge in [-0.3, -0.25) is 0 Å². The molecule has 0 N–H and O–H groups in total. The average molecular weight is 130 g/mol. The summed E-state index contributed by atoms with van der Waals surface area (Å²) < 4.78 is 5.26. The highest BCUT2D eigenvalue weighted by Gasteiger charge is 2.01. The van der Waals surface area contributed by atoms with E-state index in [1.54, 1.807) is 0 Å². The summed E-state index contributed by atoms with van der Waals surface area (Å²) in [5, 5.41) is 0. The van der Waals surface area contributed by atoms with Crippen molar-refractivity contribution in [2.75, 3.05) is 0 Å². The Labute approximate surface area is 56.2 Å². The van der Waals surface area contributed by atoms with E-state index >= 15 is 0 Å². The molecule has 9 heavy (non-hydrogen) atoms. The van der Waals surface area contributed by atoms with E-state index in [-0.39, 0.29) is 12.2 Å². The minimum Gasteiger partial charge on any atom is -0.375 e. The van der Waals surface area contributed by atoms with E-state index in [0.717, 1.165) is 6.29 Å².